The topological polar surface area (TPSA) is 89.5 Å². The Morgan fingerprint density at radius 3 is 2.58 bits per heavy atom. The molecular weight excluding hydrogens is 308 g/mol. The van der Waals surface area contributed by atoms with E-state index >= 15 is 0 Å². The molecule has 7 heteroatoms. The van der Waals surface area contributed by atoms with Crippen LogP contribution in [0.1, 0.15) is 31.4 Å². The fourth-order valence-electron chi connectivity index (χ4n) is 3.14. The highest BCUT2D eigenvalue weighted by Gasteiger charge is 2.39. The number of carbonyl (C=O) groups excluding carboxylic acids is 1. The molecule has 2 N–H and O–H groups in total. The number of carbonyl (C=O) groups is 2. The lowest BCUT2D eigenvalue weighted by molar-refractivity contribution is 0.0193. The van der Waals surface area contributed by atoms with Gasteiger partial charge in [0.1, 0.15) is 0 Å². The van der Waals surface area contributed by atoms with Crippen LogP contribution in [-0.4, -0.2) is 62.6 Å². The zero-order valence-corrected chi connectivity index (χ0v) is 14.1. The molecule has 1 aromatic heterocycles. The van der Waals surface area contributed by atoms with Crippen molar-refractivity contribution < 1.29 is 14.7 Å². The molecule has 2 amide bonds. The smallest absolute Gasteiger partial charge is 0.407 e. The molecule has 3 rings (SSSR count). The van der Waals surface area contributed by atoms with Crippen molar-refractivity contribution in [2.45, 2.75) is 26.8 Å². The van der Waals surface area contributed by atoms with Crippen molar-refractivity contribution >= 4 is 23.0 Å². The summed E-state index contributed by atoms with van der Waals surface area (Å²) in [6.45, 7) is 7.01. The van der Waals surface area contributed by atoms with Crippen molar-refractivity contribution in [1.29, 1.82) is 0 Å². The second-order valence-corrected chi connectivity index (χ2v) is 7.21. The number of carboxylic acid groups (broad SMARTS) is 1. The molecule has 1 aliphatic rings. The number of fused-ring (bicyclic) bond motifs is 1. The minimum Gasteiger partial charge on any atom is -0.465 e. The molecule has 1 fully saturated rings. The maximum atomic E-state index is 12.8. The summed E-state index contributed by atoms with van der Waals surface area (Å²) in [7, 11) is 0. The monoisotopic (exact) mass is 330 g/mol. The Bertz CT molecular complexity index is 744. The van der Waals surface area contributed by atoms with Crippen molar-refractivity contribution in [3.05, 3.63) is 30.1 Å². The molecule has 0 spiro atoms. The van der Waals surface area contributed by atoms with Crippen molar-refractivity contribution in [1.82, 2.24) is 19.8 Å². The van der Waals surface area contributed by atoms with Gasteiger partial charge in [0.2, 0.25) is 0 Å². The normalized spacial score (nSPS) is 18.9. The average Bonchev–Trinajstić information content (AvgIpc) is 2.96. The van der Waals surface area contributed by atoms with Gasteiger partial charge in [0, 0.05) is 19.6 Å². The van der Waals surface area contributed by atoms with Gasteiger partial charge in [-0.15, -0.1) is 0 Å². The third kappa shape index (κ3) is 2.93. The highest BCUT2D eigenvalue weighted by molar-refractivity contribution is 5.94. The van der Waals surface area contributed by atoms with Crippen LogP contribution in [0.3, 0.4) is 0 Å². The Labute approximate surface area is 140 Å². The number of hydrogen-bond acceptors (Lipinski definition) is 3. The predicted octanol–water partition coefficient (Wildman–Crippen LogP) is 2.41. The second kappa shape index (κ2) is 5.81. The lowest BCUT2D eigenvalue weighted by atomic mass is 9.84. The second-order valence-electron chi connectivity index (χ2n) is 7.21. The molecule has 0 radical (unpaired) electrons. The van der Waals surface area contributed by atoms with Gasteiger partial charge in [-0.25, -0.2) is 9.78 Å². The maximum Gasteiger partial charge on any atom is 0.407 e. The van der Waals surface area contributed by atoms with Gasteiger partial charge in [0.25, 0.3) is 5.91 Å². The Balaban J connectivity index is 1.84. The van der Waals surface area contributed by atoms with E-state index in [-0.39, 0.29) is 17.4 Å². The van der Waals surface area contributed by atoms with E-state index in [0.717, 1.165) is 11.0 Å². The van der Waals surface area contributed by atoms with Crippen molar-refractivity contribution in [2.24, 2.45) is 5.41 Å². The summed E-state index contributed by atoms with van der Waals surface area (Å²) in [5, 5.41) is 9.41. The Hall–Kier alpha value is -2.57. The number of piperazine rings is 1. The van der Waals surface area contributed by atoms with E-state index in [1.165, 1.54) is 4.90 Å². The molecule has 24 heavy (non-hydrogen) atoms. The molecule has 0 aliphatic carbocycles. The van der Waals surface area contributed by atoms with Gasteiger partial charge >= 0.3 is 6.09 Å². The molecular formula is C17H22N4O3. The summed E-state index contributed by atoms with van der Waals surface area (Å²) in [6.07, 6.45) is -0.939. The number of benzene rings is 1. The summed E-state index contributed by atoms with van der Waals surface area (Å²) in [5.74, 6) is 0.109. The lowest BCUT2D eigenvalue weighted by Gasteiger charge is -2.45. The third-order valence-corrected chi connectivity index (χ3v) is 4.50. The number of nitrogens with zero attached hydrogens (tertiary/aromatic N) is 3. The van der Waals surface area contributed by atoms with Crippen LogP contribution in [0.2, 0.25) is 0 Å². The van der Waals surface area contributed by atoms with E-state index in [2.05, 4.69) is 9.97 Å². The summed E-state index contributed by atoms with van der Waals surface area (Å²) in [4.78, 5) is 34.8. The van der Waals surface area contributed by atoms with Crippen molar-refractivity contribution in [3.63, 3.8) is 0 Å². The van der Waals surface area contributed by atoms with Crippen LogP contribution in [0.4, 0.5) is 4.79 Å². The lowest BCUT2D eigenvalue weighted by Crippen LogP contribution is -2.60. The molecule has 1 aromatic carbocycles. The van der Waals surface area contributed by atoms with Gasteiger partial charge in [-0.3, -0.25) is 4.79 Å². The largest absolute Gasteiger partial charge is 0.465 e. The highest BCUT2D eigenvalue weighted by Crippen LogP contribution is 2.28. The Kier molecular flexibility index (Phi) is 3.95. The first kappa shape index (κ1) is 16.3. The standard InChI is InChI=1S/C17H22N4O3/c1-17(2,3)13-10-20(8-9-21(13)16(23)24)15(22)14-18-11-6-4-5-7-12(11)19-14/h4-7,13H,8-10H2,1-3H3,(H,18,19)(H,23,24). The molecule has 7 nitrogen and oxygen atoms in total. The minimum absolute atomic E-state index is 0.189. The molecule has 1 atom stereocenters. The number of imidazole rings is 1. The molecule has 1 saturated heterocycles. The van der Waals surface area contributed by atoms with Crippen molar-refractivity contribution in [2.75, 3.05) is 19.6 Å². The van der Waals surface area contributed by atoms with Crippen LogP contribution in [0.5, 0.6) is 0 Å². The number of amides is 2. The van der Waals surface area contributed by atoms with Crippen LogP contribution >= 0.6 is 0 Å². The Morgan fingerprint density at radius 2 is 1.96 bits per heavy atom. The maximum absolute atomic E-state index is 12.8. The molecule has 128 valence electrons. The van der Waals surface area contributed by atoms with Crippen molar-refractivity contribution in [3.8, 4) is 0 Å². The van der Waals surface area contributed by atoms with E-state index in [1.807, 2.05) is 45.0 Å². The number of aromatic amines is 1. The first-order valence-electron chi connectivity index (χ1n) is 8.01. The predicted molar refractivity (Wildman–Crippen MR) is 90.0 cm³/mol. The third-order valence-electron chi connectivity index (χ3n) is 4.50. The van der Waals surface area contributed by atoms with E-state index in [4.69, 9.17) is 0 Å². The molecule has 2 heterocycles. The van der Waals surface area contributed by atoms with E-state index in [0.29, 0.717) is 25.5 Å². The summed E-state index contributed by atoms with van der Waals surface area (Å²) in [6, 6.07) is 7.23. The molecule has 2 aromatic rings. The zero-order valence-electron chi connectivity index (χ0n) is 14.1. The van der Waals surface area contributed by atoms with Gasteiger partial charge in [-0.1, -0.05) is 32.9 Å². The molecule has 1 aliphatic heterocycles. The molecule has 0 saturated carbocycles. The van der Waals surface area contributed by atoms with Gasteiger partial charge in [-0.05, 0) is 17.5 Å². The van der Waals surface area contributed by atoms with Gasteiger partial charge in [0.15, 0.2) is 5.82 Å². The van der Waals surface area contributed by atoms with E-state index in [1.54, 1.807) is 4.90 Å². The average molecular weight is 330 g/mol. The number of aromatic nitrogens is 2. The minimum atomic E-state index is -0.939. The van der Waals surface area contributed by atoms with Crippen LogP contribution in [0, 0.1) is 5.41 Å². The fraction of sp³-hybridized carbons (Fsp3) is 0.471. The quantitative estimate of drug-likeness (QED) is 0.840. The van der Waals surface area contributed by atoms with Crippen LogP contribution in [-0.2, 0) is 0 Å². The van der Waals surface area contributed by atoms with Crippen LogP contribution in [0.25, 0.3) is 11.0 Å². The Morgan fingerprint density at radius 1 is 1.25 bits per heavy atom. The number of para-hydroxylation sites is 2. The van der Waals surface area contributed by atoms with Crippen LogP contribution < -0.4 is 0 Å². The summed E-state index contributed by atoms with van der Waals surface area (Å²) in [5.41, 5.74) is 1.31. The van der Waals surface area contributed by atoms with Gasteiger partial charge in [0.05, 0.1) is 17.1 Å². The fourth-order valence-corrected chi connectivity index (χ4v) is 3.14. The zero-order chi connectivity index (χ0) is 17.5. The highest BCUT2D eigenvalue weighted by atomic mass is 16.4. The summed E-state index contributed by atoms with van der Waals surface area (Å²) >= 11 is 0. The van der Waals surface area contributed by atoms with E-state index < -0.39 is 6.09 Å². The number of hydrogen-bond donors (Lipinski definition) is 2. The van der Waals surface area contributed by atoms with Gasteiger partial charge in [-0.2, -0.15) is 0 Å². The first-order chi connectivity index (χ1) is 11.3. The number of nitrogens with one attached hydrogen (secondary N) is 1. The van der Waals surface area contributed by atoms with E-state index in [9.17, 15) is 14.7 Å². The van der Waals surface area contributed by atoms with Crippen LogP contribution in [0.15, 0.2) is 24.3 Å². The number of rotatable bonds is 1. The van der Waals surface area contributed by atoms with Gasteiger partial charge < -0.3 is 19.9 Å². The SMILES string of the molecule is CC(C)(C)C1CN(C(=O)c2nc3ccccc3[nH]2)CCN1C(=O)O. The number of H-pyrrole nitrogens is 1. The molecule has 0 bridgehead atoms. The first-order valence-corrected chi connectivity index (χ1v) is 8.01. The summed E-state index contributed by atoms with van der Waals surface area (Å²) < 4.78 is 0. The molecule has 1 unspecified atom stereocenters.